The molecule has 0 fully saturated rings. The minimum Gasteiger partial charge on any atom is -0.469 e. The van der Waals surface area contributed by atoms with Crippen molar-refractivity contribution in [3.63, 3.8) is 0 Å². The van der Waals surface area contributed by atoms with Gasteiger partial charge in [-0.05, 0) is 24.3 Å². The van der Waals surface area contributed by atoms with E-state index in [1.54, 1.807) is 0 Å². The molecule has 6 heteroatoms. The summed E-state index contributed by atoms with van der Waals surface area (Å²) in [7, 11) is 2.53. The number of ether oxygens (including phenoxy) is 3. The normalized spacial score (nSPS) is 9.58. The maximum Gasteiger partial charge on any atom is 0.337 e. The number of rotatable bonds is 5. The lowest BCUT2D eigenvalue weighted by Gasteiger charge is -2.04. The molecule has 0 heterocycles. The molecule has 0 amide bonds. The van der Waals surface area contributed by atoms with Crippen LogP contribution in [0.5, 0.6) is 5.75 Å². The van der Waals surface area contributed by atoms with Crippen molar-refractivity contribution in [2.24, 2.45) is 0 Å². The van der Waals surface area contributed by atoms with Crippen LogP contribution in [0, 0.1) is 0 Å². The third-order valence-corrected chi connectivity index (χ3v) is 2.27. The van der Waals surface area contributed by atoms with E-state index in [0.717, 1.165) is 0 Å². The minimum atomic E-state index is -0.545. The zero-order chi connectivity index (χ0) is 14.3. The van der Waals surface area contributed by atoms with Crippen molar-refractivity contribution in [1.29, 1.82) is 0 Å². The SMILES string of the molecule is COC(=O)CCC(=O)Oc1ccc(C(=O)OC)cc1. The first-order valence-electron chi connectivity index (χ1n) is 5.52. The first-order chi connectivity index (χ1) is 9.06. The van der Waals surface area contributed by atoms with E-state index >= 15 is 0 Å². The summed E-state index contributed by atoms with van der Waals surface area (Å²) in [4.78, 5) is 33.4. The lowest BCUT2D eigenvalue weighted by Crippen LogP contribution is -2.11. The average molecular weight is 266 g/mol. The highest BCUT2D eigenvalue weighted by Gasteiger charge is 2.10. The molecule has 0 aliphatic carbocycles. The average Bonchev–Trinajstić information content (AvgIpc) is 2.44. The second-order valence-corrected chi connectivity index (χ2v) is 3.57. The van der Waals surface area contributed by atoms with Gasteiger partial charge < -0.3 is 14.2 Å². The number of benzene rings is 1. The molecule has 0 N–H and O–H groups in total. The third kappa shape index (κ3) is 4.79. The van der Waals surface area contributed by atoms with Crippen molar-refractivity contribution in [3.05, 3.63) is 29.8 Å². The fourth-order valence-corrected chi connectivity index (χ4v) is 1.27. The Morgan fingerprint density at radius 2 is 1.47 bits per heavy atom. The lowest BCUT2D eigenvalue weighted by atomic mass is 10.2. The fourth-order valence-electron chi connectivity index (χ4n) is 1.27. The van der Waals surface area contributed by atoms with Crippen LogP contribution >= 0.6 is 0 Å². The molecule has 0 aliphatic rings. The number of carbonyl (C=O) groups excluding carboxylic acids is 3. The first-order valence-corrected chi connectivity index (χ1v) is 5.52. The molecule has 0 atom stereocenters. The van der Waals surface area contributed by atoms with Gasteiger partial charge in [0.25, 0.3) is 0 Å². The fraction of sp³-hybridized carbons (Fsp3) is 0.308. The number of esters is 3. The second-order valence-electron chi connectivity index (χ2n) is 3.57. The van der Waals surface area contributed by atoms with Gasteiger partial charge in [0.2, 0.25) is 0 Å². The van der Waals surface area contributed by atoms with E-state index in [1.165, 1.54) is 38.5 Å². The van der Waals surface area contributed by atoms with E-state index in [1.807, 2.05) is 0 Å². The Labute approximate surface area is 110 Å². The highest BCUT2D eigenvalue weighted by molar-refractivity contribution is 5.89. The van der Waals surface area contributed by atoms with Gasteiger partial charge in [-0.15, -0.1) is 0 Å². The van der Waals surface area contributed by atoms with Gasteiger partial charge >= 0.3 is 17.9 Å². The molecule has 1 rings (SSSR count). The van der Waals surface area contributed by atoms with Crippen LogP contribution in [-0.4, -0.2) is 32.1 Å². The Balaban J connectivity index is 2.51. The minimum absolute atomic E-state index is 0.0322. The standard InChI is InChI=1S/C13H14O6/c1-17-11(14)7-8-12(15)19-10-5-3-9(4-6-10)13(16)18-2/h3-6H,7-8H2,1-2H3. The maximum atomic E-state index is 11.4. The number of hydrogen-bond acceptors (Lipinski definition) is 6. The Morgan fingerprint density at radius 1 is 0.895 bits per heavy atom. The summed E-state index contributed by atoms with van der Waals surface area (Å²) in [5, 5.41) is 0. The molecule has 0 spiro atoms. The van der Waals surface area contributed by atoms with Crippen LogP contribution in [0.15, 0.2) is 24.3 Å². The number of carbonyl (C=O) groups is 3. The molecule has 6 nitrogen and oxygen atoms in total. The maximum absolute atomic E-state index is 11.4. The highest BCUT2D eigenvalue weighted by Crippen LogP contribution is 2.13. The largest absolute Gasteiger partial charge is 0.469 e. The molecule has 0 bridgehead atoms. The van der Waals surface area contributed by atoms with Crippen molar-refractivity contribution >= 4 is 17.9 Å². The number of methoxy groups -OCH3 is 2. The van der Waals surface area contributed by atoms with E-state index in [2.05, 4.69) is 9.47 Å². The predicted molar refractivity (Wildman–Crippen MR) is 64.7 cm³/mol. The summed E-state index contributed by atoms with van der Waals surface area (Å²) in [6, 6.07) is 5.91. The van der Waals surface area contributed by atoms with Gasteiger partial charge in [-0.2, -0.15) is 0 Å². The lowest BCUT2D eigenvalue weighted by molar-refractivity contribution is -0.144. The first kappa shape index (κ1) is 14.7. The molecule has 0 saturated carbocycles. The molecule has 1 aromatic carbocycles. The zero-order valence-electron chi connectivity index (χ0n) is 10.7. The molecular weight excluding hydrogens is 252 g/mol. The molecule has 1 aromatic rings. The Bertz CT molecular complexity index is 463. The van der Waals surface area contributed by atoms with Crippen LogP contribution in [0.3, 0.4) is 0 Å². The summed E-state index contributed by atoms with van der Waals surface area (Å²) in [6.45, 7) is 0. The molecule has 0 radical (unpaired) electrons. The van der Waals surface area contributed by atoms with Gasteiger partial charge in [-0.1, -0.05) is 0 Å². The van der Waals surface area contributed by atoms with Crippen LogP contribution in [0.4, 0.5) is 0 Å². The Kier molecular flexibility index (Phi) is 5.53. The highest BCUT2D eigenvalue weighted by atomic mass is 16.5. The molecule has 102 valence electrons. The molecule has 0 aromatic heterocycles. The van der Waals surface area contributed by atoms with Gasteiger partial charge in [0.1, 0.15) is 5.75 Å². The summed E-state index contributed by atoms with van der Waals surface area (Å²) in [5.41, 5.74) is 0.358. The molecule has 0 unspecified atom stereocenters. The van der Waals surface area contributed by atoms with Gasteiger partial charge in [0, 0.05) is 0 Å². The van der Waals surface area contributed by atoms with Crippen LogP contribution in [0.1, 0.15) is 23.2 Å². The molecular formula is C13H14O6. The van der Waals surface area contributed by atoms with E-state index in [4.69, 9.17) is 4.74 Å². The van der Waals surface area contributed by atoms with Crippen molar-refractivity contribution < 1.29 is 28.6 Å². The second kappa shape index (κ2) is 7.15. The van der Waals surface area contributed by atoms with Gasteiger partial charge in [0.15, 0.2) is 0 Å². The zero-order valence-corrected chi connectivity index (χ0v) is 10.7. The molecule has 0 saturated heterocycles. The summed E-state index contributed by atoms with van der Waals surface area (Å²) in [5.74, 6) is -1.19. The van der Waals surface area contributed by atoms with Gasteiger partial charge in [-0.25, -0.2) is 4.79 Å². The molecule has 19 heavy (non-hydrogen) atoms. The molecule has 0 aliphatic heterocycles. The smallest absolute Gasteiger partial charge is 0.337 e. The summed E-state index contributed by atoms with van der Waals surface area (Å²) < 4.78 is 13.9. The van der Waals surface area contributed by atoms with Crippen LogP contribution < -0.4 is 4.74 Å². The van der Waals surface area contributed by atoms with Crippen LogP contribution in [0.25, 0.3) is 0 Å². The van der Waals surface area contributed by atoms with E-state index in [-0.39, 0.29) is 12.8 Å². The van der Waals surface area contributed by atoms with E-state index in [9.17, 15) is 14.4 Å². The Morgan fingerprint density at radius 3 is 2.00 bits per heavy atom. The van der Waals surface area contributed by atoms with Gasteiger partial charge in [0.05, 0.1) is 32.6 Å². The predicted octanol–water partition coefficient (Wildman–Crippen LogP) is 1.33. The van der Waals surface area contributed by atoms with E-state index < -0.39 is 17.9 Å². The van der Waals surface area contributed by atoms with Crippen molar-refractivity contribution in [3.8, 4) is 5.75 Å². The van der Waals surface area contributed by atoms with E-state index in [0.29, 0.717) is 11.3 Å². The summed E-state index contributed by atoms with van der Waals surface area (Å²) >= 11 is 0. The quantitative estimate of drug-likeness (QED) is 0.591. The topological polar surface area (TPSA) is 78.9 Å². The van der Waals surface area contributed by atoms with Gasteiger partial charge in [-0.3, -0.25) is 9.59 Å². The number of hydrogen-bond donors (Lipinski definition) is 0. The van der Waals surface area contributed by atoms with Crippen molar-refractivity contribution in [2.45, 2.75) is 12.8 Å². The van der Waals surface area contributed by atoms with Crippen molar-refractivity contribution in [1.82, 2.24) is 0 Å². The van der Waals surface area contributed by atoms with Crippen LogP contribution in [0.2, 0.25) is 0 Å². The third-order valence-electron chi connectivity index (χ3n) is 2.27. The summed E-state index contributed by atoms with van der Waals surface area (Å²) in [6.07, 6.45) is -0.0962. The van der Waals surface area contributed by atoms with Crippen molar-refractivity contribution in [2.75, 3.05) is 14.2 Å². The Hall–Kier alpha value is -2.37. The monoisotopic (exact) mass is 266 g/mol. The van der Waals surface area contributed by atoms with Crippen LogP contribution in [-0.2, 0) is 19.1 Å².